The Morgan fingerprint density at radius 1 is 0.792 bits per heavy atom. The number of nitrogens with zero attached hydrogens (tertiary/aromatic N) is 1. The van der Waals surface area contributed by atoms with Crippen molar-refractivity contribution < 1.29 is 4.39 Å². The second-order valence-electron chi connectivity index (χ2n) is 5.81. The van der Waals surface area contributed by atoms with Gasteiger partial charge in [-0.1, -0.05) is 46.3 Å². The minimum Gasteiger partial charge on any atom is -0.343 e. The molecule has 118 valence electrons. The molecular weight excluding hydrogens is 365 g/mol. The highest BCUT2D eigenvalue weighted by Gasteiger charge is 2.17. The number of benzene rings is 3. The predicted octanol–water partition coefficient (Wildman–Crippen LogP) is 6.41. The predicted molar refractivity (Wildman–Crippen MR) is 101 cm³/mol. The van der Waals surface area contributed by atoms with Gasteiger partial charge < -0.3 is 4.57 Å². The van der Waals surface area contributed by atoms with Crippen LogP contribution in [-0.4, -0.2) is 4.57 Å². The molecule has 0 spiro atoms. The lowest BCUT2D eigenvalue weighted by Crippen LogP contribution is -1.92. The van der Waals surface area contributed by atoms with Gasteiger partial charge in [0.05, 0.1) is 5.69 Å². The normalized spacial score (nSPS) is 11.1. The first kappa shape index (κ1) is 15.2. The number of aryl methyl sites for hydroxylation is 1. The molecule has 3 aromatic carbocycles. The van der Waals surface area contributed by atoms with Gasteiger partial charge in [-0.25, -0.2) is 4.39 Å². The van der Waals surface area contributed by atoms with Crippen molar-refractivity contribution in [2.45, 2.75) is 0 Å². The Morgan fingerprint density at radius 2 is 1.42 bits per heavy atom. The summed E-state index contributed by atoms with van der Waals surface area (Å²) in [6.07, 6.45) is 0. The number of fused-ring (bicyclic) bond motifs is 1. The molecule has 0 saturated carbocycles. The van der Waals surface area contributed by atoms with E-state index in [4.69, 9.17) is 0 Å². The van der Waals surface area contributed by atoms with Gasteiger partial charge in [0.1, 0.15) is 5.82 Å². The molecule has 0 fully saturated rings. The highest BCUT2D eigenvalue weighted by Crippen LogP contribution is 2.40. The molecule has 1 nitrogen and oxygen atoms in total. The molecule has 0 amide bonds. The average Bonchev–Trinajstić information content (AvgIpc) is 2.90. The maximum atomic E-state index is 13.4. The van der Waals surface area contributed by atoms with E-state index in [9.17, 15) is 4.39 Å². The zero-order valence-corrected chi connectivity index (χ0v) is 14.7. The van der Waals surface area contributed by atoms with Crippen LogP contribution in [0.1, 0.15) is 0 Å². The molecule has 0 saturated heterocycles. The summed E-state index contributed by atoms with van der Waals surface area (Å²) in [7, 11) is 2.06. The van der Waals surface area contributed by atoms with E-state index in [0.29, 0.717) is 0 Å². The lowest BCUT2D eigenvalue weighted by Gasteiger charge is -2.09. The zero-order valence-electron chi connectivity index (χ0n) is 13.1. The minimum absolute atomic E-state index is 0.220. The van der Waals surface area contributed by atoms with Gasteiger partial charge in [0.2, 0.25) is 0 Å². The van der Waals surface area contributed by atoms with Crippen molar-refractivity contribution in [2.75, 3.05) is 0 Å². The highest BCUT2D eigenvalue weighted by molar-refractivity contribution is 9.10. The van der Waals surface area contributed by atoms with Gasteiger partial charge in [0.25, 0.3) is 0 Å². The van der Waals surface area contributed by atoms with E-state index in [-0.39, 0.29) is 5.82 Å². The Kier molecular flexibility index (Phi) is 3.73. The Morgan fingerprint density at radius 3 is 2.12 bits per heavy atom. The maximum Gasteiger partial charge on any atom is 0.123 e. The van der Waals surface area contributed by atoms with Gasteiger partial charge in [-0.2, -0.15) is 0 Å². The molecule has 0 aliphatic rings. The van der Waals surface area contributed by atoms with Crippen LogP contribution in [0.3, 0.4) is 0 Å². The van der Waals surface area contributed by atoms with E-state index < -0.39 is 0 Å². The van der Waals surface area contributed by atoms with Crippen molar-refractivity contribution in [1.82, 2.24) is 4.57 Å². The number of hydrogen-bond acceptors (Lipinski definition) is 0. The number of hydrogen-bond donors (Lipinski definition) is 0. The lowest BCUT2D eigenvalue weighted by atomic mass is 9.98. The number of rotatable bonds is 2. The topological polar surface area (TPSA) is 4.93 Å². The van der Waals surface area contributed by atoms with Crippen LogP contribution in [0.25, 0.3) is 33.3 Å². The minimum atomic E-state index is -0.220. The lowest BCUT2D eigenvalue weighted by molar-refractivity contribution is 0.628. The van der Waals surface area contributed by atoms with E-state index in [2.05, 4.69) is 57.9 Å². The van der Waals surface area contributed by atoms with Crippen molar-refractivity contribution >= 4 is 26.8 Å². The van der Waals surface area contributed by atoms with E-state index in [1.807, 2.05) is 30.3 Å². The van der Waals surface area contributed by atoms with E-state index >= 15 is 0 Å². The van der Waals surface area contributed by atoms with Crippen LogP contribution in [0.15, 0.2) is 77.3 Å². The fraction of sp³-hybridized carbons (Fsp3) is 0.0476. The van der Waals surface area contributed by atoms with Crippen LogP contribution in [-0.2, 0) is 7.05 Å². The molecule has 0 aliphatic carbocycles. The first-order valence-electron chi connectivity index (χ1n) is 7.74. The van der Waals surface area contributed by atoms with Crippen LogP contribution in [0.2, 0.25) is 0 Å². The third kappa shape index (κ3) is 2.45. The molecule has 0 bridgehead atoms. The zero-order chi connectivity index (χ0) is 16.7. The molecule has 0 atom stereocenters. The molecule has 4 rings (SSSR count). The summed E-state index contributed by atoms with van der Waals surface area (Å²) >= 11 is 3.50. The summed E-state index contributed by atoms with van der Waals surface area (Å²) in [5.41, 5.74) is 5.59. The van der Waals surface area contributed by atoms with Crippen molar-refractivity contribution in [1.29, 1.82) is 0 Å². The van der Waals surface area contributed by atoms with Crippen molar-refractivity contribution in [3.05, 3.63) is 83.1 Å². The highest BCUT2D eigenvalue weighted by atomic mass is 79.9. The van der Waals surface area contributed by atoms with Crippen molar-refractivity contribution in [3.8, 4) is 22.4 Å². The second-order valence-corrected chi connectivity index (χ2v) is 6.73. The molecule has 1 heterocycles. The summed E-state index contributed by atoms with van der Waals surface area (Å²) in [6.45, 7) is 0. The van der Waals surface area contributed by atoms with Gasteiger partial charge in [-0.3, -0.25) is 0 Å². The Labute approximate surface area is 148 Å². The molecule has 4 aromatic rings. The molecule has 1 aromatic heterocycles. The first-order valence-corrected chi connectivity index (χ1v) is 8.54. The molecule has 0 unspecified atom stereocenters. The standard InChI is InChI=1S/C21H15BrFN/c1-24-19-5-3-2-4-18(19)20(14-6-10-16(22)11-7-14)21(24)15-8-12-17(23)13-9-15/h2-13H,1H3. The summed E-state index contributed by atoms with van der Waals surface area (Å²) in [5, 5.41) is 1.20. The fourth-order valence-corrected chi connectivity index (χ4v) is 3.51. The van der Waals surface area contributed by atoms with Gasteiger partial charge in [-0.15, -0.1) is 0 Å². The van der Waals surface area contributed by atoms with Crippen molar-refractivity contribution in [2.24, 2.45) is 7.05 Å². The van der Waals surface area contributed by atoms with Crippen LogP contribution >= 0.6 is 15.9 Å². The maximum absolute atomic E-state index is 13.4. The Bertz CT molecular complexity index is 1010. The van der Waals surface area contributed by atoms with E-state index in [1.165, 1.54) is 23.1 Å². The molecule has 0 N–H and O–H groups in total. The summed E-state index contributed by atoms with van der Waals surface area (Å²) in [5.74, 6) is -0.220. The smallest absolute Gasteiger partial charge is 0.123 e. The first-order chi connectivity index (χ1) is 11.6. The molecule has 3 heteroatoms. The van der Waals surface area contributed by atoms with Crippen LogP contribution < -0.4 is 0 Å². The Balaban J connectivity index is 2.08. The third-order valence-corrected chi connectivity index (χ3v) is 4.89. The van der Waals surface area contributed by atoms with E-state index in [0.717, 1.165) is 26.8 Å². The van der Waals surface area contributed by atoms with Gasteiger partial charge in [-0.05, 0) is 53.6 Å². The molecule has 0 aliphatic heterocycles. The third-order valence-electron chi connectivity index (χ3n) is 4.36. The van der Waals surface area contributed by atoms with Gasteiger partial charge in [0, 0.05) is 28.0 Å². The SMILES string of the molecule is Cn1c(-c2ccc(F)cc2)c(-c2ccc(Br)cc2)c2ccccc21. The average molecular weight is 380 g/mol. The van der Waals surface area contributed by atoms with Crippen LogP contribution in [0, 0.1) is 5.82 Å². The van der Waals surface area contributed by atoms with Crippen LogP contribution in [0.5, 0.6) is 0 Å². The van der Waals surface area contributed by atoms with Crippen LogP contribution in [0.4, 0.5) is 4.39 Å². The van der Waals surface area contributed by atoms with Gasteiger partial charge >= 0.3 is 0 Å². The molecule has 0 radical (unpaired) electrons. The van der Waals surface area contributed by atoms with Crippen molar-refractivity contribution in [3.63, 3.8) is 0 Å². The largest absolute Gasteiger partial charge is 0.343 e. The number of para-hydroxylation sites is 1. The van der Waals surface area contributed by atoms with Gasteiger partial charge in [0.15, 0.2) is 0 Å². The quantitative estimate of drug-likeness (QED) is 0.379. The van der Waals surface area contributed by atoms with E-state index in [1.54, 1.807) is 0 Å². The Hall–Kier alpha value is -2.39. The molecular formula is C21H15BrFN. The summed E-state index contributed by atoms with van der Waals surface area (Å²) < 4.78 is 16.6. The summed E-state index contributed by atoms with van der Waals surface area (Å²) in [6, 6.07) is 23.4. The second kappa shape index (κ2) is 5.91. The monoisotopic (exact) mass is 379 g/mol. The number of aromatic nitrogens is 1. The summed E-state index contributed by atoms with van der Waals surface area (Å²) in [4.78, 5) is 0. The molecule has 24 heavy (non-hydrogen) atoms. The number of halogens is 2. The fourth-order valence-electron chi connectivity index (χ4n) is 3.25.